The van der Waals surface area contributed by atoms with Crippen molar-refractivity contribution in [3.05, 3.63) is 164 Å². The van der Waals surface area contributed by atoms with Crippen LogP contribution < -0.4 is 0 Å². The minimum absolute atomic E-state index is 0.843. The first kappa shape index (κ1) is 29.0. The normalized spacial score (nSPS) is 12.4. The Morgan fingerprint density at radius 3 is 1.64 bits per heavy atom. The maximum atomic E-state index is 6.64. The van der Waals surface area contributed by atoms with Gasteiger partial charge in [-0.3, -0.25) is 0 Å². The molecule has 9 aromatic carbocycles. The number of nitrogens with zero attached hydrogens (tertiary/aromatic N) is 3. The van der Waals surface area contributed by atoms with Crippen molar-refractivity contribution in [1.82, 2.24) is 14.5 Å². The number of furan rings is 1. The summed E-state index contributed by atoms with van der Waals surface area (Å²) in [5.74, 6) is 0. The lowest BCUT2D eigenvalue weighted by molar-refractivity contribution is 0.664. The summed E-state index contributed by atoms with van der Waals surface area (Å²) < 4.78 is 15.2. The van der Waals surface area contributed by atoms with E-state index in [-0.39, 0.29) is 0 Å². The Bertz CT molecular complexity index is 3630. The number of para-hydroxylation sites is 3. The highest BCUT2D eigenvalue weighted by atomic mass is 16.3. The minimum atomic E-state index is 0.843. The fourth-order valence-electron chi connectivity index (χ4n) is 9.04. The predicted octanol–water partition coefficient (Wildman–Crippen LogP) is 13.6. The van der Waals surface area contributed by atoms with Gasteiger partial charge < -0.3 is 13.4 Å². The first-order valence-corrected chi connectivity index (χ1v) is 18.6. The van der Waals surface area contributed by atoms with Crippen molar-refractivity contribution in [2.45, 2.75) is 0 Å². The van der Waals surface area contributed by atoms with E-state index in [1.807, 2.05) is 42.5 Å². The Labute approximate surface area is 312 Å². The van der Waals surface area contributed by atoms with Crippen LogP contribution in [-0.4, -0.2) is 14.5 Å². The van der Waals surface area contributed by atoms with Crippen LogP contribution in [0, 0.1) is 0 Å². The van der Waals surface area contributed by atoms with Gasteiger partial charge >= 0.3 is 0 Å². The summed E-state index contributed by atoms with van der Waals surface area (Å²) in [6.45, 7) is 0. The molecule has 0 fully saturated rings. The van der Waals surface area contributed by atoms with Crippen LogP contribution >= 0.6 is 0 Å². The third kappa shape index (κ3) is 4.01. The van der Waals surface area contributed by atoms with E-state index in [0.29, 0.717) is 0 Å². The SMILES string of the molecule is c1ccc2nc(-c3ccc4oc5ccccc5c4c3)c(-c3ccc4cc(-n5c6ccc7cccc8oc9cccc%10ccc5c(c%109)c6c78)ccc4c3)nc2c1. The molecule has 0 radical (unpaired) electrons. The fourth-order valence-corrected chi connectivity index (χ4v) is 9.04. The molecule has 0 saturated carbocycles. The van der Waals surface area contributed by atoms with Crippen LogP contribution in [0.2, 0.25) is 0 Å². The van der Waals surface area contributed by atoms with E-state index in [4.69, 9.17) is 18.8 Å². The van der Waals surface area contributed by atoms with Crippen LogP contribution in [0.3, 0.4) is 0 Å². The zero-order chi connectivity index (χ0) is 35.8. The Balaban J connectivity index is 1.01. The summed E-state index contributed by atoms with van der Waals surface area (Å²) in [6, 6.07) is 57.7. The van der Waals surface area contributed by atoms with Gasteiger partial charge in [-0.25, -0.2) is 9.97 Å². The lowest BCUT2D eigenvalue weighted by Crippen LogP contribution is -1.96. The highest BCUT2D eigenvalue weighted by molar-refractivity contribution is 6.33. The molecule has 254 valence electrons. The van der Waals surface area contributed by atoms with Crippen molar-refractivity contribution in [1.29, 1.82) is 0 Å². The largest absolute Gasteiger partial charge is 0.456 e. The van der Waals surface area contributed by atoms with Crippen LogP contribution in [0.5, 0.6) is 0 Å². The van der Waals surface area contributed by atoms with Gasteiger partial charge in [-0.1, -0.05) is 84.9 Å². The summed E-state index contributed by atoms with van der Waals surface area (Å²) in [6.07, 6.45) is 0. The molecule has 4 heterocycles. The van der Waals surface area contributed by atoms with Crippen molar-refractivity contribution in [2.75, 3.05) is 0 Å². The highest BCUT2D eigenvalue weighted by Crippen LogP contribution is 2.45. The molecular weight excluding hydrogens is 675 g/mol. The molecule has 4 aromatic heterocycles. The van der Waals surface area contributed by atoms with Gasteiger partial charge in [-0.2, -0.15) is 0 Å². The second kappa shape index (κ2) is 10.6. The Hall–Kier alpha value is -7.50. The van der Waals surface area contributed by atoms with E-state index in [1.165, 1.54) is 21.5 Å². The summed E-state index contributed by atoms with van der Waals surface area (Å²) >= 11 is 0. The fraction of sp³-hybridized carbons (Fsp3) is 0. The van der Waals surface area contributed by atoms with Crippen LogP contribution in [0.15, 0.2) is 173 Å². The Kier molecular flexibility index (Phi) is 5.57. The standard InChI is InChI=1S/C50H27N3O2/c1-4-12-41-35(9-1)36-27-33(20-24-42(36)54-41)50-49(51-37-10-2-3-11-38(37)52-50)32-16-15-31-26-34(21-17-30(31)25-32)53-39-22-18-28-7-5-13-43-45(28)47(39)48-40(53)23-19-29-8-6-14-44(55-43)46(29)48/h1-27H. The number of hydrogen-bond donors (Lipinski definition) is 0. The van der Waals surface area contributed by atoms with Crippen LogP contribution in [0.1, 0.15) is 0 Å². The average Bonchev–Trinajstić information content (AvgIpc) is 3.73. The van der Waals surface area contributed by atoms with E-state index < -0.39 is 0 Å². The van der Waals surface area contributed by atoms with Gasteiger partial charge in [0.2, 0.25) is 0 Å². The molecule has 0 unspecified atom stereocenters. The van der Waals surface area contributed by atoms with Gasteiger partial charge in [0, 0.05) is 49.1 Å². The molecule has 0 aliphatic carbocycles. The topological polar surface area (TPSA) is 57.0 Å². The number of benzene rings is 9. The highest BCUT2D eigenvalue weighted by Gasteiger charge is 2.22. The van der Waals surface area contributed by atoms with Gasteiger partial charge in [0.15, 0.2) is 0 Å². The predicted molar refractivity (Wildman–Crippen MR) is 226 cm³/mol. The quantitative estimate of drug-likeness (QED) is 0.184. The molecule has 5 nitrogen and oxygen atoms in total. The first-order chi connectivity index (χ1) is 27.2. The van der Waals surface area contributed by atoms with Crippen molar-refractivity contribution in [2.24, 2.45) is 0 Å². The molecule has 0 bridgehead atoms. The molecule has 0 saturated heterocycles. The third-order valence-corrected chi connectivity index (χ3v) is 11.5. The maximum absolute atomic E-state index is 6.64. The van der Waals surface area contributed by atoms with Crippen LogP contribution in [-0.2, 0) is 0 Å². The number of rotatable bonds is 3. The average molecular weight is 702 g/mol. The number of hydrogen-bond acceptors (Lipinski definition) is 4. The van der Waals surface area contributed by atoms with Gasteiger partial charge in [-0.15, -0.1) is 0 Å². The maximum Gasteiger partial charge on any atom is 0.135 e. The zero-order valence-electron chi connectivity index (χ0n) is 29.2. The molecule has 0 aliphatic heterocycles. The lowest BCUT2D eigenvalue weighted by Gasteiger charge is -2.13. The molecule has 0 N–H and O–H groups in total. The van der Waals surface area contributed by atoms with Gasteiger partial charge in [-0.05, 0) is 100 Å². The van der Waals surface area contributed by atoms with E-state index in [2.05, 4.69) is 126 Å². The molecule has 0 aliphatic rings. The molecule has 55 heavy (non-hydrogen) atoms. The molecule has 0 atom stereocenters. The Morgan fingerprint density at radius 2 is 0.909 bits per heavy atom. The number of aromatic nitrogens is 3. The van der Waals surface area contributed by atoms with Crippen molar-refractivity contribution in [3.63, 3.8) is 0 Å². The van der Waals surface area contributed by atoms with E-state index in [9.17, 15) is 0 Å². The molecular formula is C50H27N3O2. The second-order valence-corrected chi connectivity index (χ2v) is 14.5. The summed E-state index contributed by atoms with van der Waals surface area (Å²) in [7, 11) is 0. The van der Waals surface area contributed by atoms with Crippen molar-refractivity contribution < 1.29 is 8.83 Å². The van der Waals surface area contributed by atoms with Crippen LogP contribution in [0.4, 0.5) is 0 Å². The van der Waals surface area contributed by atoms with E-state index in [0.717, 1.165) is 105 Å². The number of fused-ring (bicyclic) bond motifs is 5. The summed E-state index contributed by atoms with van der Waals surface area (Å²) in [5.41, 5.74) is 12.4. The molecule has 13 aromatic rings. The monoisotopic (exact) mass is 701 g/mol. The molecule has 0 amide bonds. The molecule has 0 spiro atoms. The van der Waals surface area contributed by atoms with E-state index >= 15 is 0 Å². The Morgan fingerprint density at radius 1 is 0.364 bits per heavy atom. The zero-order valence-corrected chi connectivity index (χ0v) is 29.2. The van der Waals surface area contributed by atoms with Crippen molar-refractivity contribution >= 4 is 98.3 Å². The van der Waals surface area contributed by atoms with Gasteiger partial charge in [0.25, 0.3) is 0 Å². The first-order valence-electron chi connectivity index (χ1n) is 18.6. The molecule has 5 heteroatoms. The molecule has 13 rings (SSSR count). The van der Waals surface area contributed by atoms with E-state index in [1.54, 1.807) is 0 Å². The van der Waals surface area contributed by atoms with Gasteiger partial charge in [0.05, 0.1) is 33.5 Å². The summed E-state index contributed by atoms with van der Waals surface area (Å²) in [4.78, 5) is 10.5. The lowest BCUT2D eigenvalue weighted by atomic mass is 9.99. The minimum Gasteiger partial charge on any atom is -0.456 e. The third-order valence-electron chi connectivity index (χ3n) is 11.5. The van der Waals surface area contributed by atoms with Gasteiger partial charge in [0.1, 0.15) is 22.3 Å². The van der Waals surface area contributed by atoms with Crippen LogP contribution in [0.25, 0.3) is 126 Å². The smallest absolute Gasteiger partial charge is 0.135 e. The summed E-state index contributed by atoms with van der Waals surface area (Å²) in [5, 5.41) is 11.6. The van der Waals surface area contributed by atoms with Crippen molar-refractivity contribution in [3.8, 4) is 28.2 Å². The second-order valence-electron chi connectivity index (χ2n) is 14.5.